The topological polar surface area (TPSA) is 48.0 Å². The van der Waals surface area contributed by atoms with Crippen LogP contribution in [0.3, 0.4) is 0 Å². The van der Waals surface area contributed by atoms with Crippen molar-refractivity contribution in [3.8, 4) is 5.75 Å². The molecule has 5 nitrogen and oxygen atoms in total. The number of carbonyl (C=O) groups is 1. The van der Waals surface area contributed by atoms with Gasteiger partial charge in [0.05, 0.1) is 19.8 Å². The van der Waals surface area contributed by atoms with Gasteiger partial charge < -0.3 is 14.2 Å². The molecule has 154 valence electrons. The fraction of sp³-hybridized carbons (Fsp3) is 0.458. The summed E-state index contributed by atoms with van der Waals surface area (Å²) in [6.45, 7) is 3.40. The number of piperidine rings is 1. The third-order valence-corrected chi connectivity index (χ3v) is 5.95. The van der Waals surface area contributed by atoms with E-state index in [4.69, 9.17) is 14.2 Å². The molecule has 2 unspecified atom stereocenters. The van der Waals surface area contributed by atoms with Crippen LogP contribution in [0.25, 0.3) is 0 Å². The Morgan fingerprint density at radius 2 is 1.69 bits per heavy atom. The lowest BCUT2D eigenvalue weighted by Gasteiger charge is -2.48. The van der Waals surface area contributed by atoms with Gasteiger partial charge in [-0.2, -0.15) is 0 Å². The minimum atomic E-state index is 0.0567. The molecule has 2 saturated heterocycles. The van der Waals surface area contributed by atoms with Crippen molar-refractivity contribution < 1.29 is 19.0 Å². The molecule has 2 heterocycles. The van der Waals surface area contributed by atoms with Crippen LogP contribution in [0.1, 0.15) is 28.8 Å². The SMILES string of the molecule is COCCOc1ccc(C(=O)C2CC3COCC(C2)N3Cc2ccccc2)cc1. The summed E-state index contributed by atoms with van der Waals surface area (Å²) in [7, 11) is 1.65. The predicted octanol–water partition coefficient (Wildman–Crippen LogP) is 3.57. The van der Waals surface area contributed by atoms with Gasteiger partial charge in [0.1, 0.15) is 12.4 Å². The third kappa shape index (κ3) is 4.86. The van der Waals surface area contributed by atoms with E-state index in [9.17, 15) is 4.79 Å². The van der Waals surface area contributed by atoms with E-state index in [1.807, 2.05) is 30.3 Å². The van der Waals surface area contributed by atoms with Gasteiger partial charge in [0.25, 0.3) is 0 Å². The first-order valence-electron chi connectivity index (χ1n) is 10.4. The normalized spacial score (nSPS) is 24.2. The first-order valence-corrected chi connectivity index (χ1v) is 10.4. The molecule has 0 radical (unpaired) electrons. The van der Waals surface area contributed by atoms with E-state index in [1.54, 1.807) is 7.11 Å². The van der Waals surface area contributed by atoms with Gasteiger partial charge in [0.2, 0.25) is 0 Å². The minimum Gasteiger partial charge on any atom is -0.491 e. The molecule has 0 spiro atoms. The zero-order valence-electron chi connectivity index (χ0n) is 17.0. The predicted molar refractivity (Wildman–Crippen MR) is 111 cm³/mol. The van der Waals surface area contributed by atoms with E-state index in [-0.39, 0.29) is 11.7 Å². The number of rotatable bonds is 8. The number of methoxy groups -OCH3 is 1. The van der Waals surface area contributed by atoms with Gasteiger partial charge >= 0.3 is 0 Å². The Labute approximate surface area is 172 Å². The molecule has 2 aromatic rings. The van der Waals surface area contributed by atoms with Crippen LogP contribution in [-0.4, -0.2) is 56.3 Å². The van der Waals surface area contributed by atoms with Gasteiger partial charge in [0, 0.05) is 37.2 Å². The Morgan fingerprint density at radius 1 is 1.00 bits per heavy atom. The smallest absolute Gasteiger partial charge is 0.166 e. The average Bonchev–Trinajstić information content (AvgIpc) is 2.74. The summed E-state index contributed by atoms with van der Waals surface area (Å²) in [5.74, 6) is 1.06. The largest absolute Gasteiger partial charge is 0.491 e. The van der Waals surface area contributed by atoms with Crippen molar-refractivity contribution >= 4 is 5.78 Å². The van der Waals surface area contributed by atoms with Crippen LogP contribution >= 0.6 is 0 Å². The molecule has 5 heteroatoms. The van der Waals surface area contributed by atoms with Crippen molar-refractivity contribution in [3.05, 3.63) is 65.7 Å². The average molecular weight is 395 g/mol. The number of morpholine rings is 1. The van der Waals surface area contributed by atoms with E-state index >= 15 is 0 Å². The number of hydrogen-bond acceptors (Lipinski definition) is 5. The second-order valence-electron chi connectivity index (χ2n) is 7.90. The first-order chi connectivity index (χ1) is 14.2. The van der Waals surface area contributed by atoms with Crippen molar-refractivity contribution in [2.24, 2.45) is 5.92 Å². The number of ketones is 1. The molecule has 2 aliphatic rings. The number of carbonyl (C=O) groups excluding carboxylic acids is 1. The number of Topliss-reactive ketones (excluding diaryl/α,β-unsaturated/α-hetero) is 1. The Bertz CT molecular complexity index is 778. The molecular weight excluding hydrogens is 366 g/mol. The molecule has 0 N–H and O–H groups in total. The highest BCUT2D eigenvalue weighted by molar-refractivity contribution is 5.98. The summed E-state index contributed by atoms with van der Waals surface area (Å²) in [6, 6.07) is 18.7. The maximum absolute atomic E-state index is 13.1. The van der Waals surface area contributed by atoms with Gasteiger partial charge in [-0.3, -0.25) is 9.69 Å². The Hall–Kier alpha value is -2.21. The van der Waals surface area contributed by atoms with E-state index in [0.717, 1.165) is 30.7 Å². The van der Waals surface area contributed by atoms with Crippen LogP contribution in [0.15, 0.2) is 54.6 Å². The standard InChI is InChI=1S/C24H29NO4/c1-27-11-12-29-23-9-7-19(8-10-23)24(26)20-13-21-16-28-17-22(14-20)25(21)15-18-5-3-2-4-6-18/h2-10,20-22H,11-17H2,1H3. The van der Waals surface area contributed by atoms with E-state index in [1.165, 1.54) is 5.56 Å². The summed E-state index contributed by atoms with van der Waals surface area (Å²) in [5, 5.41) is 0. The molecule has 2 fully saturated rings. The number of hydrogen-bond donors (Lipinski definition) is 0. The molecule has 0 aromatic heterocycles. The van der Waals surface area contributed by atoms with Crippen LogP contribution in [0.4, 0.5) is 0 Å². The van der Waals surface area contributed by atoms with Crippen LogP contribution in [0, 0.1) is 5.92 Å². The number of nitrogens with zero attached hydrogens (tertiary/aromatic N) is 1. The number of ether oxygens (including phenoxy) is 3. The van der Waals surface area contributed by atoms with Gasteiger partial charge in [-0.15, -0.1) is 0 Å². The summed E-state index contributed by atoms with van der Waals surface area (Å²) in [6.07, 6.45) is 1.71. The Kier molecular flexibility index (Phi) is 6.60. The Morgan fingerprint density at radius 3 is 2.34 bits per heavy atom. The fourth-order valence-corrected chi connectivity index (χ4v) is 4.45. The summed E-state index contributed by atoms with van der Waals surface area (Å²) < 4.78 is 16.4. The molecule has 2 aromatic carbocycles. The van der Waals surface area contributed by atoms with E-state index < -0.39 is 0 Å². The van der Waals surface area contributed by atoms with Crippen LogP contribution in [0.2, 0.25) is 0 Å². The molecule has 2 aliphatic heterocycles. The highest BCUT2D eigenvalue weighted by atomic mass is 16.5. The molecule has 4 rings (SSSR count). The molecular formula is C24H29NO4. The quantitative estimate of drug-likeness (QED) is 0.505. The molecule has 29 heavy (non-hydrogen) atoms. The highest BCUT2D eigenvalue weighted by Gasteiger charge is 2.41. The van der Waals surface area contributed by atoms with Crippen LogP contribution in [-0.2, 0) is 16.0 Å². The van der Waals surface area contributed by atoms with Crippen molar-refractivity contribution in [1.29, 1.82) is 0 Å². The molecule has 0 aliphatic carbocycles. The fourth-order valence-electron chi connectivity index (χ4n) is 4.45. The van der Waals surface area contributed by atoms with E-state index in [0.29, 0.717) is 38.5 Å². The summed E-state index contributed by atoms with van der Waals surface area (Å²) in [5.41, 5.74) is 2.09. The lowest BCUT2D eigenvalue weighted by Crippen LogP contribution is -2.57. The lowest BCUT2D eigenvalue weighted by molar-refractivity contribution is -0.0872. The molecule has 0 amide bonds. The van der Waals surface area contributed by atoms with Crippen molar-refractivity contribution in [2.45, 2.75) is 31.5 Å². The monoisotopic (exact) mass is 395 g/mol. The number of fused-ring (bicyclic) bond motifs is 2. The molecule has 2 atom stereocenters. The van der Waals surface area contributed by atoms with Gasteiger partial charge in [0.15, 0.2) is 5.78 Å². The van der Waals surface area contributed by atoms with Gasteiger partial charge in [-0.25, -0.2) is 0 Å². The zero-order valence-corrected chi connectivity index (χ0v) is 17.0. The second-order valence-corrected chi connectivity index (χ2v) is 7.90. The van der Waals surface area contributed by atoms with Crippen LogP contribution < -0.4 is 4.74 Å². The van der Waals surface area contributed by atoms with Gasteiger partial charge in [-0.1, -0.05) is 30.3 Å². The Balaban J connectivity index is 1.39. The maximum atomic E-state index is 13.1. The molecule has 0 saturated carbocycles. The first kappa shape index (κ1) is 20.1. The summed E-state index contributed by atoms with van der Waals surface area (Å²) in [4.78, 5) is 15.7. The maximum Gasteiger partial charge on any atom is 0.166 e. The van der Waals surface area contributed by atoms with Gasteiger partial charge in [-0.05, 0) is 42.7 Å². The number of benzene rings is 2. The third-order valence-electron chi connectivity index (χ3n) is 5.95. The van der Waals surface area contributed by atoms with Crippen molar-refractivity contribution in [2.75, 3.05) is 33.5 Å². The zero-order chi connectivity index (χ0) is 20.1. The summed E-state index contributed by atoms with van der Waals surface area (Å²) >= 11 is 0. The van der Waals surface area contributed by atoms with E-state index in [2.05, 4.69) is 29.2 Å². The second kappa shape index (κ2) is 9.53. The highest BCUT2D eigenvalue weighted by Crippen LogP contribution is 2.34. The van der Waals surface area contributed by atoms with Crippen molar-refractivity contribution in [1.82, 2.24) is 4.90 Å². The van der Waals surface area contributed by atoms with Crippen LogP contribution in [0.5, 0.6) is 5.75 Å². The minimum absolute atomic E-state index is 0.0567. The molecule has 2 bridgehead atoms. The lowest BCUT2D eigenvalue weighted by atomic mass is 9.80. The van der Waals surface area contributed by atoms with Crippen molar-refractivity contribution in [3.63, 3.8) is 0 Å².